The molecule has 0 radical (unpaired) electrons. The van der Waals surface area contributed by atoms with Crippen LogP contribution in [0.25, 0.3) is 0 Å². The molecule has 3 aliphatic rings. The van der Waals surface area contributed by atoms with Gasteiger partial charge in [0.2, 0.25) is 0 Å². The fourth-order valence-corrected chi connectivity index (χ4v) is 4.83. The second-order valence-electron chi connectivity index (χ2n) is 8.72. The number of hydrogen-bond donors (Lipinski definition) is 1. The van der Waals surface area contributed by atoms with Gasteiger partial charge in [-0.2, -0.15) is 5.10 Å². The molecule has 0 atom stereocenters. The zero-order valence-electron chi connectivity index (χ0n) is 17.9. The van der Waals surface area contributed by atoms with Crippen molar-refractivity contribution in [2.75, 3.05) is 39.6 Å². The summed E-state index contributed by atoms with van der Waals surface area (Å²) in [6, 6.07) is 0. The van der Waals surface area contributed by atoms with E-state index in [1.807, 2.05) is 11.6 Å². The molecule has 0 aromatic carbocycles. The molecule has 1 aromatic heterocycles. The van der Waals surface area contributed by atoms with Crippen molar-refractivity contribution in [2.24, 2.45) is 11.3 Å². The Morgan fingerprint density at radius 2 is 1.97 bits per heavy atom. The van der Waals surface area contributed by atoms with E-state index in [9.17, 15) is 9.59 Å². The molecular formula is C22H33N3O5. The summed E-state index contributed by atoms with van der Waals surface area (Å²) in [5.74, 6) is -0.178. The topological polar surface area (TPSA) is 91.7 Å². The zero-order chi connectivity index (χ0) is 21.0. The van der Waals surface area contributed by atoms with Crippen LogP contribution in [0.1, 0.15) is 60.8 Å². The van der Waals surface area contributed by atoms with Crippen LogP contribution in [-0.2, 0) is 38.4 Å². The second-order valence-corrected chi connectivity index (χ2v) is 8.72. The fourth-order valence-electron chi connectivity index (χ4n) is 4.83. The Kier molecular flexibility index (Phi) is 6.73. The lowest BCUT2D eigenvalue weighted by Gasteiger charge is -2.36. The maximum Gasteiger partial charge on any atom is 0.309 e. The molecule has 4 heterocycles. The molecule has 0 unspecified atom stereocenters. The molecule has 0 aliphatic carbocycles. The number of rotatable bonds is 6. The number of carbonyl (C=O) groups excluding carboxylic acids is 2. The largest absolute Gasteiger partial charge is 0.465 e. The first-order valence-electron chi connectivity index (χ1n) is 11.3. The smallest absolute Gasteiger partial charge is 0.309 e. The predicted molar refractivity (Wildman–Crippen MR) is 109 cm³/mol. The van der Waals surface area contributed by atoms with Crippen molar-refractivity contribution in [3.8, 4) is 0 Å². The molecule has 0 bridgehead atoms. The van der Waals surface area contributed by atoms with Crippen molar-refractivity contribution in [1.82, 2.24) is 15.1 Å². The Bertz CT molecular complexity index is 763. The van der Waals surface area contributed by atoms with Crippen LogP contribution in [0.5, 0.6) is 0 Å². The fraction of sp³-hybridized carbons (Fsp3) is 0.773. The van der Waals surface area contributed by atoms with Crippen LogP contribution in [0.2, 0.25) is 0 Å². The molecule has 30 heavy (non-hydrogen) atoms. The molecule has 3 aliphatic heterocycles. The van der Waals surface area contributed by atoms with Crippen molar-refractivity contribution in [3.63, 3.8) is 0 Å². The Balaban J connectivity index is 1.42. The first kappa shape index (κ1) is 21.3. The van der Waals surface area contributed by atoms with E-state index in [-0.39, 0.29) is 23.2 Å². The van der Waals surface area contributed by atoms with Crippen LogP contribution in [-0.4, -0.2) is 61.2 Å². The third-order valence-corrected chi connectivity index (χ3v) is 6.73. The van der Waals surface area contributed by atoms with Crippen molar-refractivity contribution in [3.05, 3.63) is 17.0 Å². The summed E-state index contributed by atoms with van der Waals surface area (Å²) in [6.45, 7) is 6.49. The van der Waals surface area contributed by atoms with Gasteiger partial charge in [-0.15, -0.1) is 0 Å². The van der Waals surface area contributed by atoms with E-state index >= 15 is 0 Å². The monoisotopic (exact) mass is 419 g/mol. The highest BCUT2D eigenvalue weighted by molar-refractivity contribution is 5.94. The van der Waals surface area contributed by atoms with Gasteiger partial charge in [0.1, 0.15) is 5.69 Å². The normalized spacial score (nSPS) is 21.7. The van der Waals surface area contributed by atoms with Gasteiger partial charge in [0.05, 0.1) is 18.2 Å². The highest BCUT2D eigenvalue weighted by Gasteiger charge is 2.39. The third-order valence-electron chi connectivity index (χ3n) is 6.73. The van der Waals surface area contributed by atoms with Gasteiger partial charge < -0.3 is 19.5 Å². The number of nitrogens with one attached hydrogen (secondary N) is 1. The molecule has 8 heteroatoms. The summed E-state index contributed by atoms with van der Waals surface area (Å²) in [5, 5.41) is 7.89. The number of ether oxygens (including phenoxy) is 3. The summed E-state index contributed by atoms with van der Waals surface area (Å²) < 4.78 is 18.2. The lowest BCUT2D eigenvalue weighted by Crippen LogP contribution is -2.40. The summed E-state index contributed by atoms with van der Waals surface area (Å²) in [7, 11) is 0. The molecule has 4 rings (SSSR count). The number of aromatic nitrogens is 2. The lowest BCUT2D eigenvalue weighted by molar-refractivity contribution is -0.151. The zero-order valence-corrected chi connectivity index (χ0v) is 17.9. The number of nitrogens with zero attached hydrogens (tertiary/aromatic N) is 2. The average Bonchev–Trinajstić information content (AvgIpc) is 3.06. The molecule has 1 amide bonds. The molecule has 8 nitrogen and oxygen atoms in total. The van der Waals surface area contributed by atoms with Gasteiger partial charge in [-0.25, -0.2) is 0 Å². The number of fused-ring (bicyclic) bond motifs is 1. The summed E-state index contributed by atoms with van der Waals surface area (Å²) in [4.78, 5) is 25.1. The average molecular weight is 420 g/mol. The van der Waals surface area contributed by atoms with Crippen LogP contribution in [0.4, 0.5) is 0 Å². The van der Waals surface area contributed by atoms with E-state index in [1.165, 1.54) is 0 Å². The van der Waals surface area contributed by atoms with E-state index in [4.69, 9.17) is 19.3 Å². The van der Waals surface area contributed by atoms with E-state index in [1.54, 1.807) is 0 Å². The minimum Gasteiger partial charge on any atom is -0.465 e. The maximum atomic E-state index is 12.8. The van der Waals surface area contributed by atoms with Crippen LogP contribution >= 0.6 is 0 Å². The summed E-state index contributed by atoms with van der Waals surface area (Å²) >= 11 is 0. The SMILES string of the molecule is CCn1nc(CCCOC(=O)C2CCOCC2)c2c1C(=O)NCC1(CCOCC1)C2. The van der Waals surface area contributed by atoms with E-state index in [0.717, 1.165) is 56.6 Å². The number of hydrogen-bond acceptors (Lipinski definition) is 6. The standard InChI is InChI=1S/C22H33N3O5/c1-2-25-19-17(14-22(15-23-20(19)26)7-12-29-13-8-22)18(24-25)4-3-9-30-21(27)16-5-10-28-11-6-16/h16H,2-15H2,1H3,(H,23,26). The van der Waals surface area contributed by atoms with Gasteiger partial charge in [-0.3, -0.25) is 14.3 Å². The Labute approximate surface area is 177 Å². The highest BCUT2D eigenvalue weighted by Crippen LogP contribution is 2.37. The maximum absolute atomic E-state index is 12.8. The number of aryl methyl sites for hydroxylation is 2. The third kappa shape index (κ3) is 4.54. The van der Waals surface area contributed by atoms with Crippen LogP contribution in [0, 0.1) is 11.3 Å². The molecule has 0 saturated carbocycles. The molecule has 1 aromatic rings. The van der Waals surface area contributed by atoms with Gasteiger partial charge >= 0.3 is 5.97 Å². The van der Waals surface area contributed by atoms with Gasteiger partial charge in [-0.1, -0.05) is 0 Å². The summed E-state index contributed by atoms with van der Waals surface area (Å²) in [6.07, 6.45) is 5.65. The van der Waals surface area contributed by atoms with Gasteiger partial charge in [0.15, 0.2) is 0 Å². The number of carbonyl (C=O) groups is 2. The van der Waals surface area contributed by atoms with Crippen molar-refractivity contribution in [1.29, 1.82) is 0 Å². The quantitative estimate of drug-likeness (QED) is 0.559. The molecule has 2 fully saturated rings. The predicted octanol–water partition coefficient (Wildman–Crippen LogP) is 1.89. The molecule has 1 N–H and O–H groups in total. The minimum absolute atomic E-state index is 0.0279. The van der Waals surface area contributed by atoms with E-state index in [2.05, 4.69) is 5.32 Å². The van der Waals surface area contributed by atoms with Crippen LogP contribution < -0.4 is 5.32 Å². The van der Waals surface area contributed by atoms with E-state index < -0.39 is 0 Å². The van der Waals surface area contributed by atoms with Crippen LogP contribution in [0.15, 0.2) is 0 Å². The molecule has 2 saturated heterocycles. The molecule has 166 valence electrons. The highest BCUT2D eigenvalue weighted by atomic mass is 16.5. The Hall–Kier alpha value is -1.93. The Morgan fingerprint density at radius 3 is 2.70 bits per heavy atom. The first-order chi connectivity index (χ1) is 14.6. The van der Waals surface area contributed by atoms with Crippen molar-refractivity contribution in [2.45, 2.75) is 58.4 Å². The molecule has 1 spiro atoms. The Morgan fingerprint density at radius 1 is 1.23 bits per heavy atom. The van der Waals surface area contributed by atoms with Crippen molar-refractivity contribution >= 4 is 11.9 Å². The van der Waals surface area contributed by atoms with Gasteiger partial charge in [0.25, 0.3) is 5.91 Å². The van der Waals surface area contributed by atoms with Crippen LogP contribution in [0.3, 0.4) is 0 Å². The second kappa shape index (κ2) is 9.47. The minimum atomic E-state index is -0.114. The summed E-state index contributed by atoms with van der Waals surface area (Å²) in [5.41, 5.74) is 2.79. The number of amides is 1. The lowest BCUT2D eigenvalue weighted by atomic mass is 9.75. The molecular weight excluding hydrogens is 386 g/mol. The van der Waals surface area contributed by atoms with Gasteiger partial charge in [-0.05, 0) is 57.3 Å². The number of esters is 1. The first-order valence-corrected chi connectivity index (χ1v) is 11.3. The van der Waals surface area contributed by atoms with E-state index in [0.29, 0.717) is 51.4 Å². The van der Waals surface area contributed by atoms with Crippen molar-refractivity contribution < 1.29 is 23.8 Å². The van der Waals surface area contributed by atoms with Gasteiger partial charge in [0, 0.05) is 45.1 Å².